The van der Waals surface area contributed by atoms with Gasteiger partial charge in [0, 0.05) is 5.56 Å². The van der Waals surface area contributed by atoms with Gasteiger partial charge in [-0.05, 0) is 31.5 Å². The van der Waals surface area contributed by atoms with Crippen LogP contribution in [0.15, 0.2) is 18.2 Å². The minimum Gasteiger partial charge on any atom is -0.397 e. The predicted molar refractivity (Wildman–Crippen MR) is 68.8 cm³/mol. The van der Waals surface area contributed by atoms with E-state index in [0.717, 1.165) is 6.42 Å². The van der Waals surface area contributed by atoms with Gasteiger partial charge < -0.3 is 21.9 Å². The summed E-state index contributed by atoms with van der Waals surface area (Å²) in [6.07, 6.45) is 0.751. The van der Waals surface area contributed by atoms with E-state index in [-0.39, 0.29) is 6.61 Å². The molecule has 0 saturated heterocycles. The van der Waals surface area contributed by atoms with Gasteiger partial charge in [-0.15, -0.1) is 0 Å². The number of nitrogen functional groups attached to an aromatic ring is 1. The van der Waals surface area contributed by atoms with E-state index in [2.05, 4.69) is 5.32 Å². The quantitative estimate of drug-likeness (QED) is 0.572. The molecule has 1 aromatic carbocycles. The first-order chi connectivity index (χ1) is 7.91. The fraction of sp³-hybridized carbons (Fsp3) is 0.417. The number of anilines is 2. The monoisotopic (exact) mass is 237 g/mol. The lowest BCUT2D eigenvalue weighted by Gasteiger charge is -2.29. The zero-order chi connectivity index (χ0) is 13.1. The summed E-state index contributed by atoms with van der Waals surface area (Å²) in [7, 11) is 0. The lowest BCUT2D eigenvalue weighted by Crippen LogP contribution is -2.38. The first-order valence-corrected chi connectivity index (χ1v) is 5.50. The van der Waals surface area contributed by atoms with Crippen molar-refractivity contribution in [2.75, 3.05) is 17.7 Å². The number of hydrogen-bond donors (Lipinski definition) is 4. The molecule has 0 radical (unpaired) electrons. The molecule has 0 aliphatic rings. The molecule has 0 heterocycles. The maximum absolute atomic E-state index is 11.0. The fourth-order valence-electron chi connectivity index (χ4n) is 1.39. The summed E-state index contributed by atoms with van der Waals surface area (Å²) >= 11 is 0. The molecule has 1 rings (SSSR count). The molecular weight excluding hydrogens is 218 g/mol. The van der Waals surface area contributed by atoms with Crippen LogP contribution in [0, 0.1) is 0 Å². The Morgan fingerprint density at radius 1 is 1.53 bits per heavy atom. The van der Waals surface area contributed by atoms with Crippen molar-refractivity contribution in [2.24, 2.45) is 5.73 Å². The maximum Gasteiger partial charge on any atom is 0.248 e. The van der Waals surface area contributed by atoms with E-state index >= 15 is 0 Å². The van der Waals surface area contributed by atoms with E-state index in [1.807, 2.05) is 13.8 Å². The van der Waals surface area contributed by atoms with Crippen molar-refractivity contribution in [3.05, 3.63) is 23.8 Å². The van der Waals surface area contributed by atoms with Gasteiger partial charge in [-0.25, -0.2) is 0 Å². The third kappa shape index (κ3) is 3.10. The van der Waals surface area contributed by atoms with Crippen LogP contribution in [0.3, 0.4) is 0 Å². The molecule has 94 valence electrons. The van der Waals surface area contributed by atoms with Crippen LogP contribution in [0.2, 0.25) is 0 Å². The summed E-state index contributed by atoms with van der Waals surface area (Å²) in [5.74, 6) is -0.510. The number of aliphatic hydroxyl groups excluding tert-OH is 1. The molecule has 0 saturated carbocycles. The zero-order valence-electron chi connectivity index (χ0n) is 10.2. The topological polar surface area (TPSA) is 101 Å². The molecule has 5 heteroatoms. The number of nitrogens with two attached hydrogens (primary N) is 2. The van der Waals surface area contributed by atoms with Gasteiger partial charge in [0.15, 0.2) is 0 Å². The molecule has 0 aromatic heterocycles. The van der Waals surface area contributed by atoms with Gasteiger partial charge in [-0.3, -0.25) is 4.79 Å². The predicted octanol–water partition coefficient (Wildman–Crippen LogP) is 0.941. The van der Waals surface area contributed by atoms with Crippen LogP contribution in [0.4, 0.5) is 11.4 Å². The van der Waals surface area contributed by atoms with E-state index in [1.54, 1.807) is 12.1 Å². The van der Waals surface area contributed by atoms with Gasteiger partial charge in [0.05, 0.1) is 23.5 Å². The van der Waals surface area contributed by atoms with Crippen molar-refractivity contribution in [1.82, 2.24) is 0 Å². The highest BCUT2D eigenvalue weighted by atomic mass is 16.3. The van der Waals surface area contributed by atoms with Crippen LogP contribution in [-0.4, -0.2) is 23.2 Å². The molecule has 0 aliphatic carbocycles. The Morgan fingerprint density at radius 3 is 2.59 bits per heavy atom. The second kappa shape index (κ2) is 5.05. The number of rotatable bonds is 5. The van der Waals surface area contributed by atoms with Crippen molar-refractivity contribution in [1.29, 1.82) is 0 Å². The minimum absolute atomic E-state index is 0.000507. The Kier molecular flexibility index (Phi) is 3.96. The van der Waals surface area contributed by atoms with E-state index in [9.17, 15) is 9.90 Å². The number of hydrogen-bond acceptors (Lipinski definition) is 4. The van der Waals surface area contributed by atoms with Crippen LogP contribution in [0.5, 0.6) is 0 Å². The highest BCUT2D eigenvalue weighted by Crippen LogP contribution is 2.24. The number of aliphatic hydroxyl groups is 1. The Balaban J connectivity index is 2.97. The normalized spacial score (nSPS) is 14.1. The smallest absolute Gasteiger partial charge is 0.248 e. The molecule has 6 N–H and O–H groups in total. The molecule has 17 heavy (non-hydrogen) atoms. The van der Waals surface area contributed by atoms with Gasteiger partial charge >= 0.3 is 0 Å². The summed E-state index contributed by atoms with van der Waals surface area (Å²) in [6, 6.07) is 4.82. The number of primary amides is 1. The summed E-state index contributed by atoms with van der Waals surface area (Å²) < 4.78 is 0. The number of amides is 1. The molecule has 5 nitrogen and oxygen atoms in total. The van der Waals surface area contributed by atoms with Crippen molar-refractivity contribution >= 4 is 17.3 Å². The highest BCUT2D eigenvalue weighted by molar-refractivity contribution is 5.94. The second-order valence-corrected chi connectivity index (χ2v) is 4.36. The molecule has 1 atom stereocenters. The van der Waals surface area contributed by atoms with Crippen LogP contribution in [-0.2, 0) is 0 Å². The van der Waals surface area contributed by atoms with E-state index in [4.69, 9.17) is 11.5 Å². The van der Waals surface area contributed by atoms with Gasteiger partial charge in [0.2, 0.25) is 5.91 Å². The largest absolute Gasteiger partial charge is 0.397 e. The van der Waals surface area contributed by atoms with Crippen LogP contribution >= 0.6 is 0 Å². The molecule has 0 spiro atoms. The average Bonchev–Trinajstić information content (AvgIpc) is 2.31. The summed E-state index contributed by atoms with van der Waals surface area (Å²) in [5, 5.41) is 12.5. The third-order valence-corrected chi connectivity index (χ3v) is 2.90. The summed E-state index contributed by atoms with van der Waals surface area (Å²) in [4.78, 5) is 11.0. The molecule has 1 aromatic rings. The molecule has 0 aliphatic heterocycles. The number of benzene rings is 1. The fourth-order valence-corrected chi connectivity index (χ4v) is 1.39. The lowest BCUT2D eigenvalue weighted by molar-refractivity contribution is 0.100. The first-order valence-electron chi connectivity index (χ1n) is 5.50. The summed E-state index contributed by atoms with van der Waals surface area (Å²) in [6.45, 7) is 3.87. The zero-order valence-corrected chi connectivity index (χ0v) is 10.2. The standard InChI is InChI=1S/C12H19N3O2/c1-3-12(2,7-16)15-10-5-4-8(11(14)17)6-9(10)13/h4-6,15-16H,3,7,13H2,1-2H3,(H2,14,17). The Hall–Kier alpha value is -1.75. The molecular formula is C12H19N3O2. The molecule has 1 unspecified atom stereocenters. The van der Waals surface area contributed by atoms with Crippen molar-refractivity contribution in [3.8, 4) is 0 Å². The van der Waals surface area contributed by atoms with E-state index < -0.39 is 11.4 Å². The third-order valence-electron chi connectivity index (χ3n) is 2.90. The Labute approximate surface area is 101 Å². The lowest BCUT2D eigenvalue weighted by atomic mass is 9.99. The highest BCUT2D eigenvalue weighted by Gasteiger charge is 2.21. The maximum atomic E-state index is 11.0. The minimum atomic E-state index is -0.510. The molecule has 0 bridgehead atoms. The number of nitrogens with one attached hydrogen (secondary N) is 1. The van der Waals surface area contributed by atoms with Crippen LogP contribution in [0.1, 0.15) is 30.6 Å². The van der Waals surface area contributed by atoms with Gasteiger partial charge in [-0.2, -0.15) is 0 Å². The van der Waals surface area contributed by atoms with E-state index in [1.165, 1.54) is 6.07 Å². The average molecular weight is 237 g/mol. The first kappa shape index (κ1) is 13.3. The van der Waals surface area contributed by atoms with Crippen molar-refractivity contribution < 1.29 is 9.90 Å². The molecule has 0 fully saturated rings. The van der Waals surface area contributed by atoms with Crippen molar-refractivity contribution in [2.45, 2.75) is 25.8 Å². The van der Waals surface area contributed by atoms with Crippen LogP contribution < -0.4 is 16.8 Å². The summed E-state index contributed by atoms with van der Waals surface area (Å²) in [5.41, 5.74) is 12.1. The van der Waals surface area contributed by atoms with Gasteiger partial charge in [0.1, 0.15) is 0 Å². The van der Waals surface area contributed by atoms with Gasteiger partial charge in [-0.1, -0.05) is 6.92 Å². The Bertz CT molecular complexity index is 414. The SMILES string of the molecule is CCC(C)(CO)Nc1ccc(C(N)=O)cc1N. The number of carbonyl (C=O) groups is 1. The number of carbonyl (C=O) groups excluding carboxylic acids is 1. The van der Waals surface area contributed by atoms with E-state index in [0.29, 0.717) is 16.9 Å². The van der Waals surface area contributed by atoms with Crippen LogP contribution in [0.25, 0.3) is 0 Å². The Morgan fingerprint density at radius 2 is 2.18 bits per heavy atom. The second-order valence-electron chi connectivity index (χ2n) is 4.36. The van der Waals surface area contributed by atoms with Crippen molar-refractivity contribution in [3.63, 3.8) is 0 Å². The van der Waals surface area contributed by atoms with Gasteiger partial charge in [0.25, 0.3) is 0 Å². The molecule has 1 amide bonds.